The molecule has 1 fully saturated rings. The summed E-state index contributed by atoms with van der Waals surface area (Å²) in [6.45, 7) is 0. The molecule has 0 radical (unpaired) electrons. The first-order chi connectivity index (χ1) is 12.5. The number of aryl methyl sites for hydroxylation is 1. The lowest BCUT2D eigenvalue weighted by atomic mass is 9.81. The maximum Gasteiger partial charge on any atom is 0.263 e. The van der Waals surface area contributed by atoms with Gasteiger partial charge in [0.15, 0.2) is 12.2 Å². The first kappa shape index (κ1) is 17.1. The summed E-state index contributed by atoms with van der Waals surface area (Å²) in [5.74, 6) is 0.572. The quantitative estimate of drug-likeness (QED) is 0.721. The van der Waals surface area contributed by atoms with Gasteiger partial charge in [-0.25, -0.2) is 4.39 Å². The summed E-state index contributed by atoms with van der Waals surface area (Å²) in [6, 6.07) is 4.69. The van der Waals surface area contributed by atoms with Gasteiger partial charge in [0.25, 0.3) is 5.91 Å². The van der Waals surface area contributed by atoms with Gasteiger partial charge in [-0.3, -0.25) is 9.79 Å². The third-order valence-corrected chi connectivity index (χ3v) is 6.19. The van der Waals surface area contributed by atoms with E-state index in [2.05, 4.69) is 15.4 Å². The molecule has 1 aromatic heterocycles. The highest BCUT2D eigenvalue weighted by Crippen LogP contribution is 2.51. The molecule has 0 bridgehead atoms. The third-order valence-electron chi connectivity index (χ3n) is 5.24. The van der Waals surface area contributed by atoms with Gasteiger partial charge in [-0.05, 0) is 37.0 Å². The Morgan fingerprint density at radius 2 is 2.38 bits per heavy atom. The van der Waals surface area contributed by atoms with Crippen LogP contribution in [0.2, 0.25) is 0 Å². The SMILES string of the molecule is C[n+]1cc(C(=O)Nc2ccc(F)c([C@]34CCC[C@H]3CSC(N)=N4)c2)c[nH]1. The topological polar surface area (TPSA) is 87.2 Å². The lowest BCUT2D eigenvalue weighted by Crippen LogP contribution is -2.37. The fourth-order valence-corrected chi connectivity index (χ4v) is 5.02. The zero-order chi connectivity index (χ0) is 18.3. The van der Waals surface area contributed by atoms with Crippen LogP contribution in [0.15, 0.2) is 35.6 Å². The summed E-state index contributed by atoms with van der Waals surface area (Å²) in [5, 5.41) is 6.26. The molecule has 2 atom stereocenters. The lowest BCUT2D eigenvalue weighted by molar-refractivity contribution is -0.726. The van der Waals surface area contributed by atoms with Crippen molar-refractivity contribution in [2.24, 2.45) is 23.7 Å². The van der Waals surface area contributed by atoms with Crippen molar-refractivity contribution in [3.8, 4) is 0 Å². The van der Waals surface area contributed by atoms with Gasteiger partial charge in [0, 0.05) is 17.0 Å². The molecule has 2 aromatic rings. The molecule has 1 aliphatic heterocycles. The second-order valence-electron chi connectivity index (χ2n) is 6.89. The zero-order valence-corrected chi connectivity index (χ0v) is 15.3. The Labute approximate surface area is 155 Å². The molecule has 4 rings (SSSR count). The Balaban J connectivity index is 1.68. The molecule has 1 aromatic carbocycles. The summed E-state index contributed by atoms with van der Waals surface area (Å²) in [7, 11) is 1.80. The number of nitrogens with two attached hydrogens (primary N) is 1. The van der Waals surface area contributed by atoms with Crippen molar-refractivity contribution in [3.05, 3.63) is 47.5 Å². The summed E-state index contributed by atoms with van der Waals surface area (Å²) >= 11 is 1.54. The average Bonchev–Trinajstić information content (AvgIpc) is 3.23. The number of thioether (sulfide) groups is 1. The summed E-state index contributed by atoms with van der Waals surface area (Å²) in [4.78, 5) is 17.1. The number of amides is 1. The summed E-state index contributed by atoms with van der Waals surface area (Å²) in [5.41, 5.74) is 6.96. The molecule has 1 aliphatic carbocycles. The van der Waals surface area contributed by atoms with Crippen molar-refractivity contribution in [2.75, 3.05) is 11.1 Å². The van der Waals surface area contributed by atoms with Gasteiger partial charge in [-0.15, -0.1) is 4.68 Å². The minimum Gasteiger partial charge on any atom is -0.379 e. The fourth-order valence-electron chi connectivity index (χ4n) is 3.98. The number of nitrogens with zero attached hydrogens (tertiary/aromatic N) is 2. The number of anilines is 1. The molecule has 8 heteroatoms. The van der Waals surface area contributed by atoms with E-state index in [0.29, 0.717) is 22.0 Å². The number of rotatable bonds is 3. The van der Waals surface area contributed by atoms with E-state index in [1.807, 2.05) is 0 Å². The molecule has 0 saturated heterocycles. The number of hydrogen-bond donors (Lipinski definition) is 3. The third kappa shape index (κ3) is 2.88. The number of halogens is 1. The van der Waals surface area contributed by atoms with Gasteiger partial charge in [-0.2, -0.15) is 5.10 Å². The van der Waals surface area contributed by atoms with Crippen molar-refractivity contribution in [1.29, 1.82) is 0 Å². The van der Waals surface area contributed by atoms with Gasteiger partial charge in [0.05, 0.1) is 11.7 Å². The van der Waals surface area contributed by atoms with Crippen LogP contribution < -0.4 is 15.7 Å². The number of aromatic amines is 1. The van der Waals surface area contributed by atoms with E-state index >= 15 is 0 Å². The molecule has 26 heavy (non-hydrogen) atoms. The van der Waals surface area contributed by atoms with Crippen LogP contribution in [0.4, 0.5) is 10.1 Å². The number of H-pyrrole nitrogens is 1. The first-order valence-corrected chi connectivity index (χ1v) is 9.60. The summed E-state index contributed by atoms with van der Waals surface area (Å²) < 4.78 is 16.4. The minimum atomic E-state index is -0.610. The first-order valence-electron chi connectivity index (χ1n) is 8.61. The van der Waals surface area contributed by atoms with E-state index in [4.69, 9.17) is 5.73 Å². The van der Waals surface area contributed by atoms with Gasteiger partial charge in [0.2, 0.25) is 6.20 Å². The molecule has 0 spiro atoms. The van der Waals surface area contributed by atoms with E-state index in [0.717, 1.165) is 25.0 Å². The van der Waals surface area contributed by atoms with Crippen LogP contribution in [0.5, 0.6) is 0 Å². The van der Waals surface area contributed by atoms with Crippen LogP contribution >= 0.6 is 11.8 Å². The molecular weight excluding hydrogens is 353 g/mol. The Morgan fingerprint density at radius 3 is 3.15 bits per heavy atom. The highest BCUT2D eigenvalue weighted by atomic mass is 32.2. The number of benzene rings is 1. The number of nitrogens with one attached hydrogen (secondary N) is 2. The predicted molar refractivity (Wildman–Crippen MR) is 99.4 cm³/mol. The van der Waals surface area contributed by atoms with Gasteiger partial charge >= 0.3 is 0 Å². The van der Waals surface area contributed by atoms with Crippen molar-refractivity contribution in [1.82, 2.24) is 5.10 Å². The highest BCUT2D eigenvalue weighted by molar-refractivity contribution is 8.13. The van der Waals surface area contributed by atoms with Crippen LogP contribution in [0.1, 0.15) is 35.2 Å². The maximum atomic E-state index is 14.7. The maximum absolute atomic E-state index is 14.7. The Kier molecular flexibility index (Phi) is 4.22. The van der Waals surface area contributed by atoms with E-state index in [9.17, 15) is 9.18 Å². The normalized spacial score (nSPS) is 24.8. The number of carbonyl (C=O) groups is 1. The Bertz CT molecular complexity index is 895. The zero-order valence-electron chi connectivity index (χ0n) is 14.5. The molecule has 4 N–H and O–H groups in total. The van der Waals surface area contributed by atoms with E-state index in [1.54, 1.807) is 36.3 Å². The number of aromatic nitrogens is 2. The lowest BCUT2D eigenvalue weighted by Gasteiger charge is -2.36. The van der Waals surface area contributed by atoms with Crippen molar-refractivity contribution < 1.29 is 13.9 Å². The molecule has 0 unspecified atom stereocenters. The molecule has 2 heterocycles. The largest absolute Gasteiger partial charge is 0.379 e. The predicted octanol–water partition coefficient (Wildman–Crippen LogP) is 2.29. The van der Waals surface area contributed by atoms with E-state index < -0.39 is 5.54 Å². The van der Waals surface area contributed by atoms with Crippen LogP contribution in [0.25, 0.3) is 0 Å². The number of fused-ring (bicyclic) bond motifs is 1. The number of hydrogen-bond acceptors (Lipinski definition) is 4. The van der Waals surface area contributed by atoms with Crippen LogP contribution in [-0.2, 0) is 12.6 Å². The second-order valence-corrected chi connectivity index (χ2v) is 7.93. The number of amidine groups is 1. The smallest absolute Gasteiger partial charge is 0.263 e. The highest BCUT2D eigenvalue weighted by Gasteiger charge is 2.48. The second kappa shape index (κ2) is 6.42. The molecule has 2 aliphatic rings. The Morgan fingerprint density at radius 1 is 1.54 bits per heavy atom. The minimum absolute atomic E-state index is 0.248. The molecule has 136 valence electrons. The van der Waals surface area contributed by atoms with E-state index in [-0.39, 0.29) is 17.6 Å². The van der Waals surface area contributed by atoms with E-state index in [1.165, 1.54) is 17.8 Å². The number of aliphatic imine (C=N–C) groups is 1. The average molecular weight is 374 g/mol. The van der Waals surface area contributed by atoms with Crippen LogP contribution in [0.3, 0.4) is 0 Å². The van der Waals surface area contributed by atoms with Gasteiger partial charge < -0.3 is 11.1 Å². The van der Waals surface area contributed by atoms with Gasteiger partial charge in [-0.1, -0.05) is 18.2 Å². The molecule has 6 nitrogen and oxygen atoms in total. The molecular formula is C18H21FN5OS+. The fraction of sp³-hybridized carbons (Fsp3) is 0.389. The van der Waals surface area contributed by atoms with Crippen molar-refractivity contribution >= 4 is 28.5 Å². The van der Waals surface area contributed by atoms with Gasteiger partial charge in [0.1, 0.15) is 11.4 Å². The van der Waals surface area contributed by atoms with Crippen LogP contribution in [0, 0.1) is 11.7 Å². The van der Waals surface area contributed by atoms with Crippen molar-refractivity contribution in [3.63, 3.8) is 0 Å². The molecule has 1 saturated carbocycles. The molecule has 1 amide bonds. The Hall–Kier alpha value is -2.35. The number of carbonyl (C=O) groups excluding carboxylic acids is 1. The summed E-state index contributed by atoms with van der Waals surface area (Å²) in [6.07, 6.45) is 6.10. The standard InChI is InChI=1S/C18H20FN5OS/c1-24-9-11(8-21-24)16(25)22-13-4-5-15(19)14(7-13)18-6-2-3-12(18)10-26-17(20)23-18/h4-5,7-9,12H,2-3,6,10H2,1H3,(H3,20,22,23,25)/p+1/t12-,18-/m0/s1. The van der Waals surface area contributed by atoms with Crippen LogP contribution in [-0.4, -0.2) is 21.9 Å². The monoisotopic (exact) mass is 374 g/mol. The van der Waals surface area contributed by atoms with Crippen molar-refractivity contribution in [2.45, 2.75) is 24.8 Å².